The van der Waals surface area contributed by atoms with E-state index in [1.165, 1.54) is 11.1 Å². The van der Waals surface area contributed by atoms with E-state index in [1.807, 2.05) is 18.2 Å². The molecule has 0 saturated heterocycles. The molecule has 106 valence electrons. The molecule has 0 saturated carbocycles. The van der Waals surface area contributed by atoms with E-state index >= 15 is 0 Å². The summed E-state index contributed by atoms with van der Waals surface area (Å²) in [7, 11) is 3.79. The first kappa shape index (κ1) is 14.9. The number of nitrogens with two attached hydrogens (primary N) is 1. The summed E-state index contributed by atoms with van der Waals surface area (Å²) in [6.07, 6.45) is 0. The predicted octanol–water partition coefficient (Wildman–Crippen LogP) is 3.67. The number of benzene rings is 2. The summed E-state index contributed by atoms with van der Waals surface area (Å²) < 4.78 is 6.19. The summed E-state index contributed by atoms with van der Waals surface area (Å²) in [5, 5.41) is 0. The van der Waals surface area contributed by atoms with Gasteiger partial charge in [-0.15, -0.1) is 0 Å². The number of hydrogen-bond acceptors (Lipinski definition) is 3. The number of rotatable bonds is 5. The first-order chi connectivity index (χ1) is 9.58. The highest BCUT2D eigenvalue weighted by Gasteiger charge is 2.04. The minimum Gasteiger partial charge on any atom is -0.497 e. The van der Waals surface area contributed by atoms with E-state index in [4.69, 9.17) is 10.5 Å². The first-order valence-corrected chi connectivity index (χ1v) is 7.23. The van der Waals surface area contributed by atoms with Crippen LogP contribution in [0.5, 0.6) is 5.75 Å². The number of halogens is 1. The van der Waals surface area contributed by atoms with Crippen LogP contribution in [0.3, 0.4) is 0 Å². The lowest BCUT2D eigenvalue weighted by atomic mass is 10.1. The molecule has 2 rings (SSSR count). The van der Waals surface area contributed by atoms with E-state index in [0.717, 1.165) is 29.0 Å². The molecule has 0 atom stereocenters. The van der Waals surface area contributed by atoms with Crippen molar-refractivity contribution in [3.05, 3.63) is 58.1 Å². The molecular formula is C16H19BrN2O. The topological polar surface area (TPSA) is 38.5 Å². The number of nitrogens with zero attached hydrogens (tertiary/aromatic N) is 1. The maximum Gasteiger partial charge on any atom is 0.119 e. The lowest BCUT2D eigenvalue weighted by molar-refractivity contribution is 0.318. The molecule has 0 aliphatic heterocycles. The summed E-state index contributed by atoms with van der Waals surface area (Å²) in [5.41, 5.74) is 9.04. The van der Waals surface area contributed by atoms with Crippen LogP contribution in [-0.4, -0.2) is 19.1 Å². The second-order valence-corrected chi connectivity index (χ2v) is 5.73. The van der Waals surface area contributed by atoms with Crippen LogP contribution in [0, 0.1) is 0 Å². The fraction of sp³-hybridized carbons (Fsp3) is 0.250. The summed E-state index contributed by atoms with van der Waals surface area (Å²) in [5.74, 6) is 0.895. The molecule has 2 aromatic rings. The van der Waals surface area contributed by atoms with E-state index in [2.05, 4.69) is 52.1 Å². The van der Waals surface area contributed by atoms with E-state index < -0.39 is 0 Å². The Morgan fingerprint density at radius 2 is 1.80 bits per heavy atom. The van der Waals surface area contributed by atoms with Gasteiger partial charge in [-0.25, -0.2) is 0 Å². The van der Waals surface area contributed by atoms with E-state index in [9.17, 15) is 0 Å². The number of anilines is 1. The lowest BCUT2D eigenvalue weighted by Crippen LogP contribution is -2.17. The van der Waals surface area contributed by atoms with Crippen LogP contribution in [-0.2, 0) is 13.1 Å². The first-order valence-electron chi connectivity index (χ1n) is 6.44. The van der Waals surface area contributed by atoms with Crippen LogP contribution in [0.15, 0.2) is 46.9 Å². The van der Waals surface area contributed by atoms with Crippen molar-refractivity contribution in [2.45, 2.75) is 13.1 Å². The van der Waals surface area contributed by atoms with Crippen molar-refractivity contribution in [3.8, 4) is 5.75 Å². The van der Waals surface area contributed by atoms with Gasteiger partial charge in [0.1, 0.15) is 5.75 Å². The monoisotopic (exact) mass is 334 g/mol. The Morgan fingerprint density at radius 3 is 2.45 bits per heavy atom. The van der Waals surface area contributed by atoms with Crippen molar-refractivity contribution in [1.29, 1.82) is 0 Å². The quantitative estimate of drug-likeness (QED) is 0.848. The minimum absolute atomic E-state index is 0.768. The summed E-state index contributed by atoms with van der Waals surface area (Å²) in [6.45, 7) is 1.75. The Kier molecular flexibility index (Phi) is 5.04. The van der Waals surface area contributed by atoms with Gasteiger partial charge >= 0.3 is 0 Å². The van der Waals surface area contributed by atoms with Gasteiger partial charge in [-0.1, -0.05) is 18.2 Å². The van der Waals surface area contributed by atoms with Crippen LogP contribution in [0.4, 0.5) is 5.69 Å². The molecule has 2 N–H and O–H groups in total. The molecule has 0 aliphatic carbocycles. The maximum atomic E-state index is 5.80. The van der Waals surface area contributed by atoms with Crippen LogP contribution in [0.1, 0.15) is 11.1 Å². The fourth-order valence-corrected chi connectivity index (χ4v) is 2.55. The zero-order valence-corrected chi connectivity index (χ0v) is 13.4. The molecule has 0 bridgehead atoms. The zero-order chi connectivity index (χ0) is 14.5. The highest BCUT2D eigenvalue weighted by atomic mass is 79.9. The van der Waals surface area contributed by atoms with Crippen LogP contribution < -0.4 is 10.5 Å². The molecule has 0 fully saturated rings. The molecule has 2 aromatic carbocycles. The third-order valence-electron chi connectivity index (χ3n) is 3.10. The Morgan fingerprint density at radius 1 is 1.10 bits per heavy atom. The smallest absolute Gasteiger partial charge is 0.119 e. The molecule has 0 heterocycles. The highest BCUT2D eigenvalue weighted by Crippen LogP contribution is 2.21. The van der Waals surface area contributed by atoms with Crippen molar-refractivity contribution in [2.24, 2.45) is 0 Å². The van der Waals surface area contributed by atoms with Gasteiger partial charge in [-0.2, -0.15) is 0 Å². The lowest BCUT2D eigenvalue weighted by Gasteiger charge is -2.17. The van der Waals surface area contributed by atoms with Gasteiger partial charge in [0, 0.05) is 23.2 Å². The van der Waals surface area contributed by atoms with Crippen LogP contribution in [0.25, 0.3) is 0 Å². The molecular weight excluding hydrogens is 316 g/mol. The van der Waals surface area contributed by atoms with Crippen molar-refractivity contribution in [1.82, 2.24) is 4.90 Å². The average Bonchev–Trinajstić information content (AvgIpc) is 2.43. The average molecular weight is 335 g/mol. The summed E-state index contributed by atoms with van der Waals surface area (Å²) >= 11 is 3.46. The Hall–Kier alpha value is -1.52. The third-order valence-corrected chi connectivity index (χ3v) is 3.79. The molecule has 3 nitrogen and oxygen atoms in total. The van der Waals surface area contributed by atoms with Crippen molar-refractivity contribution >= 4 is 21.6 Å². The minimum atomic E-state index is 0.768. The molecule has 0 aromatic heterocycles. The number of nitrogen functional groups attached to an aromatic ring is 1. The van der Waals surface area contributed by atoms with Crippen molar-refractivity contribution < 1.29 is 4.74 Å². The number of hydrogen-bond donors (Lipinski definition) is 1. The van der Waals surface area contributed by atoms with Gasteiger partial charge in [0.15, 0.2) is 0 Å². The van der Waals surface area contributed by atoms with Gasteiger partial charge in [-0.05, 0) is 58.4 Å². The Bertz CT molecular complexity index is 586. The molecule has 0 amide bonds. The summed E-state index contributed by atoms with van der Waals surface area (Å²) in [6, 6.07) is 14.2. The summed E-state index contributed by atoms with van der Waals surface area (Å²) in [4.78, 5) is 2.26. The van der Waals surface area contributed by atoms with Gasteiger partial charge in [0.2, 0.25) is 0 Å². The second-order valence-electron chi connectivity index (χ2n) is 4.88. The SMILES string of the molecule is COc1cccc(CN(C)Cc2ccc(N)c(Br)c2)c1. The highest BCUT2D eigenvalue weighted by molar-refractivity contribution is 9.10. The second kappa shape index (κ2) is 6.77. The van der Waals surface area contributed by atoms with Crippen LogP contribution in [0.2, 0.25) is 0 Å². The molecule has 0 radical (unpaired) electrons. The number of methoxy groups -OCH3 is 1. The van der Waals surface area contributed by atoms with Gasteiger partial charge in [-0.3, -0.25) is 4.90 Å². The maximum absolute atomic E-state index is 5.80. The fourth-order valence-electron chi connectivity index (χ4n) is 2.12. The molecule has 0 aliphatic rings. The third kappa shape index (κ3) is 3.99. The van der Waals surface area contributed by atoms with Crippen LogP contribution >= 0.6 is 15.9 Å². The zero-order valence-electron chi connectivity index (χ0n) is 11.8. The van der Waals surface area contributed by atoms with E-state index in [-0.39, 0.29) is 0 Å². The molecule has 0 unspecified atom stereocenters. The predicted molar refractivity (Wildman–Crippen MR) is 86.7 cm³/mol. The van der Waals surface area contributed by atoms with Gasteiger partial charge < -0.3 is 10.5 Å². The van der Waals surface area contributed by atoms with E-state index in [1.54, 1.807) is 7.11 Å². The largest absolute Gasteiger partial charge is 0.497 e. The molecule has 4 heteroatoms. The number of ether oxygens (including phenoxy) is 1. The van der Waals surface area contributed by atoms with Crippen molar-refractivity contribution in [3.63, 3.8) is 0 Å². The normalized spacial score (nSPS) is 10.8. The molecule has 0 spiro atoms. The Labute approximate surface area is 128 Å². The van der Waals surface area contributed by atoms with Crippen molar-refractivity contribution in [2.75, 3.05) is 19.9 Å². The standard InChI is InChI=1S/C16H19BrN2O/c1-19(10-12-4-3-5-14(8-12)20-2)11-13-6-7-16(18)15(17)9-13/h3-9H,10-11,18H2,1-2H3. The van der Waals surface area contributed by atoms with Gasteiger partial charge in [0.05, 0.1) is 7.11 Å². The van der Waals surface area contributed by atoms with E-state index in [0.29, 0.717) is 0 Å². The van der Waals surface area contributed by atoms with Gasteiger partial charge in [0.25, 0.3) is 0 Å². The molecule has 20 heavy (non-hydrogen) atoms. The Balaban J connectivity index is 2.00.